The van der Waals surface area contributed by atoms with E-state index < -0.39 is 5.60 Å². The predicted molar refractivity (Wildman–Crippen MR) is 57.3 cm³/mol. The first-order valence-corrected chi connectivity index (χ1v) is 6.08. The smallest absolute Gasteiger partial charge is 0.155 e. The topological polar surface area (TPSA) is 37.3 Å². The van der Waals surface area contributed by atoms with E-state index in [9.17, 15) is 9.90 Å². The molecular weight excluding hydrogens is 188 g/mol. The van der Waals surface area contributed by atoms with Crippen molar-refractivity contribution in [1.29, 1.82) is 0 Å². The summed E-state index contributed by atoms with van der Waals surface area (Å²) < 4.78 is 0. The van der Waals surface area contributed by atoms with Gasteiger partial charge in [0, 0.05) is 5.92 Å². The molecule has 0 aromatic rings. The van der Waals surface area contributed by atoms with Crippen LogP contribution in [0, 0.1) is 11.8 Å². The maximum Gasteiger partial charge on any atom is 0.155 e. The van der Waals surface area contributed by atoms with E-state index in [0.717, 1.165) is 44.1 Å². The number of ketones is 1. The molecule has 3 rings (SSSR count). The third-order valence-corrected chi connectivity index (χ3v) is 4.68. The zero-order valence-electron chi connectivity index (χ0n) is 9.25. The van der Waals surface area contributed by atoms with Crippen LogP contribution in [0.3, 0.4) is 0 Å². The SMILES string of the molecule is CC(=O)C1=C2[C@@H](CC1)C[C@]1(O)CCC[C@H]21. The largest absolute Gasteiger partial charge is 0.389 e. The Morgan fingerprint density at radius 3 is 3.00 bits per heavy atom. The first-order chi connectivity index (χ1) is 7.12. The van der Waals surface area contributed by atoms with Gasteiger partial charge in [-0.2, -0.15) is 0 Å². The number of allylic oxidation sites excluding steroid dienone is 1. The van der Waals surface area contributed by atoms with Crippen LogP contribution in [0.5, 0.6) is 0 Å². The lowest BCUT2D eigenvalue weighted by molar-refractivity contribution is -0.113. The van der Waals surface area contributed by atoms with E-state index >= 15 is 0 Å². The van der Waals surface area contributed by atoms with Crippen molar-refractivity contribution in [2.24, 2.45) is 11.8 Å². The summed E-state index contributed by atoms with van der Waals surface area (Å²) in [7, 11) is 0. The van der Waals surface area contributed by atoms with E-state index in [0.29, 0.717) is 11.8 Å². The summed E-state index contributed by atoms with van der Waals surface area (Å²) >= 11 is 0. The van der Waals surface area contributed by atoms with Crippen LogP contribution in [0.4, 0.5) is 0 Å². The van der Waals surface area contributed by atoms with Crippen LogP contribution < -0.4 is 0 Å². The Labute approximate surface area is 90.4 Å². The van der Waals surface area contributed by atoms with Crippen LogP contribution in [0.25, 0.3) is 0 Å². The van der Waals surface area contributed by atoms with Gasteiger partial charge in [0.15, 0.2) is 5.78 Å². The molecule has 3 atom stereocenters. The van der Waals surface area contributed by atoms with Gasteiger partial charge in [-0.3, -0.25) is 4.79 Å². The molecule has 15 heavy (non-hydrogen) atoms. The predicted octanol–water partition coefficient (Wildman–Crippen LogP) is 2.22. The Bertz CT molecular complexity index is 356. The monoisotopic (exact) mass is 206 g/mol. The summed E-state index contributed by atoms with van der Waals surface area (Å²) in [6.45, 7) is 1.68. The molecule has 0 aliphatic heterocycles. The lowest BCUT2D eigenvalue weighted by Gasteiger charge is -2.23. The zero-order valence-corrected chi connectivity index (χ0v) is 9.25. The summed E-state index contributed by atoms with van der Waals surface area (Å²) in [5, 5.41) is 10.5. The molecule has 0 spiro atoms. The first-order valence-electron chi connectivity index (χ1n) is 6.08. The number of carbonyl (C=O) groups excluding carboxylic acids is 1. The molecule has 2 fully saturated rings. The molecule has 0 aromatic carbocycles. The molecular formula is C13H18O2. The van der Waals surface area contributed by atoms with Gasteiger partial charge in [0.1, 0.15) is 0 Å². The molecule has 0 heterocycles. The van der Waals surface area contributed by atoms with E-state index in [-0.39, 0.29) is 5.78 Å². The fraction of sp³-hybridized carbons (Fsp3) is 0.769. The second-order valence-corrected chi connectivity index (χ2v) is 5.48. The molecule has 2 saturated carbocycles. The minimum absolute atomic E-state index is 0.239. The normalized spacial score (nSPS) is 43.3. The van der Waals surface area contributed by atoms with Gasteiger partial charge in [0.05, 0.1) is 5.60 Å². The van der Waals surface area contributed by atoms with Gasteiger partial charge < -0.3 is 5.11 Å². The first kappa shape index (κ1) is 9.59. The highest BCUT2D eigenvalue weighted by atomic mass is 16.3. The summed E-state index contributed by atoms with van der Waals surface area (Å²) in [4.78, 5) is 11.5. The van der Waals surface area contributed by atoms with Crippen molar-refractivity contribution in [2.75, 3.05) is 0 Å². The fourth-order valence-corrected chi connectivity index (χ4v) is 4.12. The maximum atomic E-state index is 11.5. The zero-order chi connectivity index (χ0) is 10.6. The summed E-state index contributed by atoms with van der Waals surface area (Å²) in [6, 6.07) is 0. The lowest BCUT2D eigenvalue weighted by Crippen LogP contribution is -2.28. The number of fused-ring (bicyclic) bond motifs is 3. The quantitative estimate of drug-likeness (QED) is 0.714. The molecule has 0 radical (unpaired) electrons. The van der Waals surface area contributed by atoms with Gasteiger partial charge >= 0.3 is 0 Å². The van der Waals surface area contributed by atoms with E-state index in [2.05, 4.69) is 0 Å². The highest BCUT2D eigenvalue weighted by Crippen LogP contribution is 2.58. The second-order valence-electron chi connectivity index (χ2n) is 5.48. The van der Waals surface area contributed by atoms with Crippen LogP contribution >= 0.6 is 0 Å². The third kappa shape index (κ3) is 1.17. The van der Waals surface area contributed by atoms with Crippen molar-refractivity contribution in [2.45, 2.75) is 51.0 Å². The summed E-state index contributed by atoms with van der Waals surface area (Å²) in [5.74, 6) is 1.09. The number of hydrogen-bond donors (Lipinski definition) is 1. The lowest BCUT2D eigenvalue weighted by atomic mass is 9.90. The van der Waals surface area contributed by atoms with Gasteiger partial charge in [-0.15, -0.1) is 0 Å². The highest BCUT2D eigenvalue weighted by Gasteiger charge is 2.54. The Morgan fingerprint density at radius 2 is 2.27 bits per heavy atom. The Hall–Kier alpha value is -0.630. The van der Waals surface area contributed by atoms with Gasteiger partial charge in [-0.1, -0.05) is 5.57 Å². The summed E-state index contributed by atoms with van der Waals surface area (Å²) in [6.07, 6.45) is 6.15. The Morgan fingerprint density at radius 1 is 1.47 bits per heavy atom. The van der Waals surface area contributed by atoms with Crippen LogP contribution in [-0.2, 0) is 4.79 Å². The molecule has 3 aliphatic carbocycles. The second kappa shape index (κ2) is 2.94. The molecule has 3 aliphatic rings. The number of hydrogen-bond acceptors (Lipinski definition) is 2. The van der Waals surface area contributed by atoms with Crippen molar-refractivity contribution >= 4 is 5.78 Å². The van der Waals surface area contributed by atoms with Crippen LogP contribution in [0.2, 0.25) is 0 Å². The van der Waals surface area contributed by atoms with Gasteiger partial charge in [-0.25, -0.2) is 0 Å². The van der Waals surface area contributed by atoms with Crippen molar-refractivity contribution in [1.82, 2.24) is 0 Å². The Kier molecular flexibility index (Phi) is 1.88. The average molecular weight is 206 g/mol. The van der Waals surface area contributed by atoms with Crippen LogP contribution in [0.15, 0.2) is 11.1 Å². The molecule has 0 unspecified atom stereocenters. The third-order valence-electron chi connectivity index (χ3n) is 4.68. The minimum Gasteiger partial charge on any atom is -0.389 e. The minimum atomic E-state index is -0.443. The molecule has 2 heteroatoms. The van der Waals surface area contributed by atoms with E-state index in [1.54, 1.807) is 6.92 Å². The van der Waals surface area contributed by atoms with E-state index in [1.807, 2.05) is 0 Å². The molecule has 0 saturated heterocycles. The molecule has 2 nitrogen and oxygen atoms in total. The van der Waals surface area contributed by atoms with Crippen LogP contribution in [0.1, 0.15) is 45.4 Å². The number of rotatable bonds is 1. The number of carbonyl (C=O) groups is 1. The van der Waals surface area contributed by atoms with Gasteiger partial charge in [-0.05, 0) is 56.9 Å². The Balaban J connectivity index is 2.05. The fourth-order valence-electron chi connectivity index (χ4n) is 4.12. The van der Waals surface area contributed by atoms with Crippen molar-refractivity contribution in [3.05, 3.63) is 11.1 Å². The van der Waals surface area contributed by atoms with Crippen molar-refractivity contribution in [3.8, 4) is 0 Å². The van der Waals surface area contributed by atoms with Gasteiger partial charge in [0.25, 0.3) is 0 Å². The molecule has 0 bridgehead atoms. The molecule has 0 amide bonds. The van der Waals surface area contributed by atoms with E-state index in [4.69, 9.17) is 0 Å². The highest BCUT2D eigenvalue weighted by molar-refractivity contribution is 5.95. The molecule has 0 aromatic heterocycles. The van der Waals surface area contributed by atoms with Gasteiger partial charge in [0.2, 0.25) is 0 Å². The van der Waals surface area contributed by atoms with Crippen molar-refractivity contribution in [3.63, 3.8) is 0 Å². The van der Waals surface area contributed by atoms with Crippen molar-refractivity contribution < 1.29 is 9.90 Å². The number of aliphatic hydroxyl groups is 1. The standard InChI is InChI=1S/C13H18O2/c1-8(14)10-5-4-9-7-13(15)6-2-3-11(13)12(9)10/h9,11,15H,2-7H2,1H3/t9-,11+,13+/m0/s1. The van der Waals surface area contributed by atoms with Crippen LogP contribution in [-0.4, -0.2) is 16.5 Å². The maximum absolute atomic E-state index is 11.5. The average Bonchev–Trinajstić information content (AvgIpc) is 2.72. The van der Waals surface area contributed by atoms with E-state index in [1.165, 1.54) is 5.57 Å². The molecule has 1 N–H and O–H groups in total. The molecule has 82 valence electrons. The summed E-state index contributed by atoms with van der Waals surface area (Å²) in [5.41, 5.74) is 1.96. The number of Topliss-reactive ketones (excluding diaryl/α,β-unsaturated/α-hetero) is 1.